The molecular formula is C25H31F17O7. The molecule has 0 bridgehead atoms. The zero-order chi connectivity index (χ0) is 39.1. The SMILES string of the molecule is O=C[C@H](O)[C@@H](O)[C@@H](O)[C@H](O)C(=O)OCCCCCCCCCCCC(F)(F)C(F)(F)C(F)(F)C(F)(F)C(F)(F)C(F)(F)C(F)(F)C(F)(F)F. The second kappa shape index (κ2) is 16.9. The number of aliphatic hydroxyl groups excluding tert-OH is 4. The summed E-state index contributed by atoms with van der Waals surface area (Å²) < 4.78 is 231. The van der Waals surface area contributed by atoms with E-state index in [9.17, 15) is 99.5 Å². The van der Waals surface area contributed by atoms with Crippen LogP contribution in [0, 0.1) is 0 Å². The third kappa shape index (κ3) is 9.77. The lowest BCUT2D eigenvalue weighted by molar-refractivity contribution is -0.461. The Morgan fingerprint density at radius 1 is 0.510 bits per heavy atom. The van der Waals surface area contributed by atoms with Crippen molar-refractivity contribution in [1.29, 1.82) is 0 Å². The van der Waals surface area contributed by atoms with Crippen molar-refractivity contribution in [1.82, 2.24) is 0 Å². The zero-order valence-corrected chi connectivity index (χ0v) is 24.6. The Kier molecular flexibility index (Phi) is 16.1. The number of halogens is 17. The molecule has 0 rings (SSSR count). The smallest absolute Gasteiger partial charge is 0.460 e. The average molecular weight is 766 g/mol. The normalized spacial score (nSPS) is 17.0. The highest BCUT2D eigenvalue weighted by Gasteiger charge is 2.95. The number of aliphatic hydroxyl groups is 4. The second-order valence-corrected chi connectivity index (χ2v) is 10.8. The van der Waals surface area contributed by atoms with Crippen LogP contribution >= 0.6 is 0 Å². The van der Waals surface area contributed by atoms with E-state index < -0.39 is 97.3 Å². The molecule has 0 amide bonds. The van der Waals surface area contributed by atoms with E-state index in [0.29, 0.717) is 25.7 Å². The van der Waals surface area contributed by atoms with E-state index in [1.807, 2.05) is 0 Å². The maximum Gasteiger partial charge on any atom is 0.460 e. The van der Waals surface area contributed by atoms with E-state index in [1.54, 1.807) is 0 Å². The van der Waals surface area contributed by atoms with E-state index in [2.05, 4.69) is 4.74 Å². The van der Waals surface area contributed by atoms with E-state index in [-0.39, 0.29) is 32.2 Å². The summed E-state index contributed by atoms with van der Waals surface area (Å²) in [5, 5.41) is 37.5. The second-order valence-electron chi connectivity index (χ2n) is 10.8. The van der Waals surface area contributed by atoms with Crippen molar-refractivity contribution >= 4 is 12.3 Å². The van der Waals surface area contributed by atoms with Gasteiger partial charge in [-0.1, -0.05) is 44.9 Å². The third-order valence-corrected chi connectivity index (χ3v) is 7.07. The number of esters is 1. The van der Waals surface area contributed by atoms with Gasteiger partial charge in [-0.15, -0.1) is 0 Å². The average Bonchev–Trinajstić information content (AvgIpc) is 2.98. The van der Waals surface area contributed by atoms with Crippen LogP contribution in [0.25, 0.3) is 0 Å². The molecule has 0 saturated heterocycles. The maximum absolute atomic E-state index is 13.9. The number of carbonyl (C=O) groups is 2. The molecule has 0 fully saturated rings. The van der Waals surface area contributed by atoms with Gasteiger partial charge in [0.2, 0.25) is 0 Å². The quantitative estimate of drug-likeness (QED) is 0.0430. The van der Waals surface area contributed by atoms with Crippen LogP contribution in [0.2, 0.25) is 0 Å². The molecule has 0 aromatic rings. The number of rotatable bonds is 23. The van der Waals surface area contributed by atoms with Crippen molar-refractivity contribution in [2.45, 2.75) is 136 Å². The van der Waals surface area contributed by atoms with Crippen molar-refractivity contribution in [2.75, 3.05) is 6.61 Å². The Hall–Kier alpha value is -2.21. The molecule has 0 heterocycles. The molecule has 0 aromatic heterocycles. The molecule has 0 radical (unpaired) electrons. The molecule has 0 aliphatic heterocycles. The van der Waals surface area contributed by atoms with Crippen LogP contribution in [-0.4, -0.2) is 111 Å². The monoisotopic (exact) mass is 766 g/mol. The Bertz CT molecular complexity index is 1050. The van der Waals surface area contributed by atoms with Gasteiger partial charge in [0.05, 0.1) is 6.61 Å². The van der Waals surface area contributed by atoms with Gasteiger partial charge in [-0.25, -0.2) is 4.79 Å². The predicted molar refractivity (Wildman–Crippen MR) is 128 cm³/mol. The van der Waals surface area contributed by atoms with Crippen molar-refractivity contribution in [3.63, 3.8) is 0 Å². The summed E-state index contributed by atoms with van der Waals surface area (Å²) >= 11 is 0. The summed E-state index contributed by atoms with van der Waals surface area (Å²) in [6.45, 7) is -0.293. The number of ether oxygens (including phenoxy) is 1. The van der Waals surface area contributed by atoms with Gasteiger partial charge >= 0.3 is 53.6 Å². The molecule has 0 aromatic carbocycles. The van der Waals surface area contributed by atoms with Crippen molar-refractivity contribution in [3.8, 4) is 0 Å². The van der Waals surface area contributed by atoms with Crippen LogP contribution in [0.5, 0.6) is 0 Å². The summed E-state index contributed by atoms with van der Waals surface area (Å²) in [5.41, 5.74) is 0. The lowest BCUT2D eigenvalue weighted by atomic mass is 9.87. The first-order valence-electron chi connectivity index (χ1n) is 13.9. The Morgan fingerprint density at radius 2 is 0.857 bits per heavy atom. The van der Waals surface area contributed by atoms with Gasteiger partial charge in [0.15, 0.2) is 12.4 Å². The van der Waals surface area contributed by atoms with Crippen LogP contribution < -0.4 is 0 Å². The molecule has 24 heteroatoms. The molecule has 49 heavy (non-hydrogen) atoms. The van der Waals surface area contributed by atoms with Crippen LogP contribution in [0.4, 0.5) is 74.6 Å². The van der Waals surface area contributed by atoms with E-state index in [4.69, 9.17) is 5.11 Å². The van der Waals surface area contributed by atoms with Crippen LogP contribution in [0.1, 0.15) is 64.2 Å². The van der Waals surface area contributed by atoms with Gasteiger partial charge in [-0.3, -0.25) is 0 Å². The lowest BCUT2D eigenvalue weighted by Crippen LogP contribution is -2.74. The topological polar surface area (TPSA) is 124 Å². The lowest BCUT2D eigenvalue weighted by Gasteiger charge is -2.42. The molecule has 4 atom stereocenters. The van der Waals surface area contributed by atoms with Gasteiger partial charge in [0.25, 0.3) is 0 Å². The summed E-state index contributed by atoms with van der Waals surface area (Å²) in [7, 11) is 0. The number of aldehydes is 1. The highest BCUT2D eigenvalue weighted by Crippen LogP contribution is 2.64. The highest BCUT2D eigenvalue weighted by atomic mass is 19.4. The van der Waals surface area contributed by atoms with Crippen LogP contribution in [0.3, 0.4) is 0 Å². The van der Waals surface area contributed by atoms with Gasteiger partial charge in [0, 0.05) is 6.42 Å². The van der Waals surface area contributed by atoms with E-state index in [0.717, 1.165) is 0 Å². The molecule has 0 aliphatic carbocycles. The number of alkyl halides is 17. The molecule has 0 spiro atoms. The molecular weight excluding hydrogens is 735 g/mol. The Balaban J connectivity index is 4.85. The zero-order valence-electron chi connectivity index (χ0n) is 24.6. The predicted octanol–water partition coefficient (Wildman–Crippen LogP) is 6.08. The van der Waals surface area contributed by atoms with Crippen LogP contribution in [0.15, 0.2) is 0 Å². The van der Waals surface area contributed by atoms with Crippen molar-refractivity contribution < 1.29 is 109 Å². The molecule has 0 unspecified atom stereocenters. The first kappa shape index (κ1) is 46.8. The fourth-order valence-electron chi connectivity index (χ4n) is 3.91. The number of hydrogen-bond donors (Lipinski definition) is 4. The number of carbonyl (C=O) groups excluding carboxylic acids is 2. The van der Waals surface area contributed by atoms with Gasteiger partial charge in [-0.2, -0.15) is 74.6 Å². The third-order valence-electron chi connectivity index (χ3n) is 7.07. The first-order chi connectivity index (χ1) is 21.8. The fourth-order valence-corrected chi connectivity index (χ4v) is 3.91. The van der Waals surface area contributed by atoms with Crippen molar-refractivity contribution in [3.05, 3.63) is 0 Å². The standard InChI is InChI=1S/C25H31F17O7/c26-18(27,19(28,29)20(30,31)21(32,33)22(34,35)23(36,37)24(38,39)25(40,41)42)10-8-6-4-2-1-3-5-7-9-11-49-17(48)16(47)15(46)14(45)13(44)12-43/h12-16,44-47H,1-11H2/t13-,14+,15+,16-/m0/s1. The first-order valence-corrected chi connectivity index (χ1v) is 13.9. The van der Waals surface area contributed by atoms with Crippen molar-refractivity contribution in [2.24, 2.45) is 0 Å². The maximum atomic E-state index is 13.9. The Labute approximate surface area is 265 Å². The van der Waals surface area contributed by atoms with Crippen LogP contribution in [-0.2, 0) is 14.3 Å². The summed E-state index contributed by atoms with van der Waals surface area (Å²) in [6.07, 6.45) is -19.1. The number of unbranched alkanes of at least 4 members (excludes halogenated alkanes) is 8. The number of hydrogen-bond acceptors (Lipinski definition) is 7. The van der Waals surface area contributed by atoms with Gasteiger partial charge in [-0.05, 0) is 12.8 Å². The summed E-state index contributed by atoms with van der Waals surface area (Å²) in [5.74, 6) is -57.7. The minimum Gasteiger partial charge on any atom is -0.464 e. The summed E-state index contributed by atoms with van der Waals surface area (Å²) in [4.78, 5) is 22.0. The minimum absolute atomic E-state index is 0.0898. The molecule has 292 valence electrons. The molecule has 0 aliphatic rings. The molecule has 0 saturated carbocycles. The largest absolute Gasteiger partial charge is 0.464 e. The summed E-state index contributed by atoms with van der Waals surface area (Å²) in [6, 6.07) is 0. The Morgan fingerprint density at radius 3 is 1.24 bits per heavy atom. The van der Waals surface area contributed by atoms with Gasteiger partial charge in [0.1, 0.15) is 18.3 Å². The molecule has 4 N–H and O–H groups in total. The highest BCUT2D eigenvalue weighted by molar-refractivity contribution is 5.75. The van der Waals surface area contributed by atoms with E-state index >= 15 is 0 Å². The minimum atomic E-state index is -8.65. The molecule has 7 nitrogen and oxygen atoms in total. The fraction of sp³-hybridized carbons (Fsp3) is 0.920. The van der Waals surface area contributed by atoms with E-state index in [1.165, 1.54) is 0 Å². The van der Waals surface area contributed by atoms with Gasteiger partial charge < -0.3 is 30.0 Å².